The highest BCUT2D eigenvalue weighted by molar-refractivity contribution is 7.09. The summed E-state index contributed by atoms with van der Waals surface area (Å²) < 4.78 is 5.78. The molecule has 2 aromatic carbocycles. The van der Waals surface area contributed by atoms with E-state index in [-0.39, 0.29) is 12.3 Å². The molecular weight excluding hydrogens is 430 g/mol. The summed E-state index contributed by atoms with van der Waals surface area (Å²) in [6.07, 6.45) is 2.93. The first kappa shape index (κ1) is 23.5. The Morgan fingerprint density at radius 1 is 1.15 bits per heavy atom. The van der Waals surface area contributed by atoms with Crippen LogP contribution >= 0.6 is 11.3 Å². The highest BCUT2D eigenvalue weighted by Gasteiger charge is 2.16. The van der Waals surface area contributed by atoms with E-state index in [9.17, 15) is 4.79 Å². The number of likely N-dealkylation sites (tertiary alicyclic amines) is 1. The van der Waals surface area contributed by atoms with E-state index >= 15 is 0 Å². The Hall–Kier alpha value is -2.70. The number of hydrogen-bond donors (Lipinski definition) is 1. The van der Waals surface area contributed by atoms with Crippen LogP contribution in [0.4, 0.5) is 0 Å². The summed E-state index contributed by atoms with van der Waals surface area (Å²) in [5, 5.41) is 5.82. The molecule has 0 bridgehead atoms. The number of aryl methyl sites for hydroxylation is 1. The number of ether oxygens (including phenoxy) is 1. The highest BCUT2D eigenvalue weighted by Crippen LogP contribution is 2.19. The fourth-order valence-electron chi connectivity index (χ4n) is 4.15. The maximum absolute atomic E-state index is 12.4. The number of carbonyl (C=O) groups is 1. The van der Waals surface area contributed by atoms with E-state index in [0.29, 0.717) is 13.2 Å². The van der Waals surface area contributed by atoms with Gasteiger partial charge < -0.3 is 10.1 Å². The van der Waals surface area contributed by atoms with E-state index in [0.717, 1.165) is 34.5 Å². The van der Waals surface area contributed by atoms with Gasteiger partial charge in [-0.1, -0.05) is 48.9 Å². The van der Waals surface area contributed by atoms with Gasteiger partial charge in [0.25, 0.3) is 0 Å². The summed E-state index contributed by atoms with van der Waals surface area (Å²) in [6.45, 7) is 8.73. The summed E-state index contributed by atoms with van der Waals surface area (Å²) in [4.78, 5) is 19.5. The van der Waals surface area contributed by atoms with Gasteiger partial charge in [0, 0.05) is 25.0 Å². The predicted octanol–water partition coefficient (Wildman–Crippen LogP) is 5.12. The summed E-state index contributed by atoms with van der Waals surface area (Å²) in [6, 6.07) is 16.6. The number of carbonyl (C=O) groups excluding carboxylic acids is 1. The van der Waals surface area contributed by atoms with E-state index < -0.39 is 0 Å². The third kappa shape index (κ3) is 7.41. The van der Waals surface area contributed by atoms with Crippen LogP contribution in [0.2, 0.25) is 0 Å². The first-order valence-electron chi connectivity index (χ1n) is 11.7. The van der Waals surface area contributed by atoms with Gasteiger partial charge >= 0.3 is 0 Å². The minimum atomic E-state index is -0.0160. The molecular formula is C27H33N3O2S. The Morgan fingerprint density at radius 3 is 2.67 bits per heavy atom. The number of hydrogen-bond acceptors (Lipinski definition) is 5. The zero-order valence-electron chi connectivity index (χ0n) is 19.5. The molecule has 1 amide bonds. The fraction of sp³-hybridized carbons (Fsp3) is 0.407. The molecule has 1 saturated heterocycles. The number of rotatable bonds is 9. The van der Waals surface area contributed by atoms with Crippen LogP contribution in [-0.4, -0.2) is 28.9 Å². The molecule has 2 heterocycles. The van der Waals surface area contributed by atoms with Crippen LogP contribution in [0.15, 0.2) is 53.9 Å². The summed E-state index contributed by atoms with van der Waals surface area (Å²) in [5.41, 5.74) is 4.44. The first-order chi connectivity index (χ1) is 16.0. The van der Waals surface area contributed by atoms with Gasteiger partial charge in [0.15, 0.2) is 0 Å². The largest absolute Gasteiger partial charge is 0.486 e. The highest BCUT2D eigenvalue weighted by atomic mass is 32.1. The van der Waals surface area contributed by atoms with Crippen molar-refractivity contribution in [3.63, 3.8) is 0 Å². The smallest absolute Gasteiger partial charge is 0.226 e. The minimum absolute atomic E-state index is 0.0160. The van der Waals surface area contributed by atoms with Gasteiger partial charge in [0.05, 0.1) is 12.1 Å². The van der Waals surface area contributed by atoms with Gasteiger partial charge in [-0.05, 0) is 55.5 Å². The van der Waals surface area contributed by atoms with Crippen molar-refractivity contribution in [2.75, 3.05) is 13.1 Å². The second kappa shape index (κ2) is 11.4. The predicted molar refractivity (Wildman–Crippen MR) is 133 cm³/mol. The zero-order chi connectivity index (χ0) is 23.0. The van der Waals surface area contributed by atoms with Crippen LogP contribution in [0.1, 0.15) is 47.2 Å². The number of aromatic nitrogens is 1. The number of benzene rings is 2. The van der Waals surface area contributed by atoms with Crippen LogP contribution < -0.4 is 10.1 Å². The lowest BCUT2D eigenvalue weighted by atomic mass is 9.99. The molecule has 3 aromatic rings. The van der Waals surface area contributed by atoms with Crippen LogP contribution in [0.25, 0.3) is 0 Å². The van der Waals surface area contributed by atoms with Gasteiger partial charge in [-0.3, -0.25) is 9.69 Å². The molecule has 1 fully saturated rings. The van der Waals surface area contributed by atoms with Gasteiger partial charge in [0.2, 0.25) is 5.91 Å². The van der Waals surface area contributed by atoms with E-state index in [1.807, 2.05) is 36.6 Å². The van der Waals surface area contributed by atoms with Crippen molar-refractivity contribution in [1.82, 2.24) is 15.2 Å². The Bertz CT molecular complexity index is 1030. The van der Waals surface area contributed by atoms with Gasteiger partial charge in [0.1, 0.15) is 17.4 Å². The van der Waals surface area contributed by atoms with Crippen molar-refractivity contribution in [3.05, 3.63) is 81.3 Å². The maximum Gasteiger partial charge on any atom is 0.226 e. The monoisotopic (exact) mass is 463 g/mol. The summed E-state index contributed by atoms with van der Waals surface area (Å²) in [7, 11) is 0. The van der Waals surface area contributed by atoms with Crippen LogP contribution in [0.5, 0.6) is 5.75 Å². The molecule has 1 unspecified atom stereocenters. The van der Waals surface area contributed by atoms with E-state index in [1.165, 1.54) is 48.4 Å². The van der Waals surface area contributed by atoms with Crippen LogP contribution in [0.3, 0.4) is 0 Å². The minimum Gasteiger partial charge on any atom is -0.486 e. The Balaban J connectivity index is 1.19. The second-order valence-electron chi connectivity index (χ2n) is 9.09. The topological polar surface area (TPSA) is 54.5 Å². The van der Waals surface area contributed by atoms with Crippen molar-refractivity contribution in [1.29, 1.82) is 0 Å². The number of nitrogens with one attached hydrogen (secondary N) is 1. The molecule has 0 saturated carbocycles. The van der Waals surface area contributed by atoms with Crippen molar-refractivity contribution in [2.45, 2.75) is 52.8 Å². The van der Waals surface area contributed by atoms with Crippen molar-refractivity contribution in [2.24, 2.45) is 5.92 Å². The molecule has 1 aliphatic heterocycles. The van der Waals surface area contributed by atoms with Gasteiger partial charge in [-0.15, -0.1) is 11.3 Å². The van der Waals surface area contributed by atoms with Crippen molar-refractivity contribution >= 4 is 17.2 Å². The quantitative estimate of drug-likeness (QED) is 0.478. The molecule has 5 nitrogen and oxygen atoms in total. The van der Waals surface area contributed by atoms with Crippen LogP contribution in [0, 0.1) is 12.8 Å². The number of piperidine rings is 1. The van der Waals surface area contributed by atoms with Gasteiger partial charge in [-0.2, -0.15) is 0 Å². The molecule has 1 atom stereocenters. The maximum atomic E-state index is 12.4. The second-order valence-corrected chi connectivity index (χ2v) is 10.0. The van der Waals surface area contributed by atoms with Crippen molar-refractivity contribution < 1.29 is 9.53 Å². The van der Waals surface area contributed by atoms with Gasteiger partial charge in [-0.25, -0.2) is 4.98 Å². The lowest BCUT2D eigenvalue weighted by molar-refractivity contribution is -0.120. The third-order valence-electron chi connectivity index (χ3n) is 5.98. The third-order valence-corrected chi connectivity index (χ3v) is 6.86. The molecule has 0 spiro atoms. The summed E-state index contributed by atoms with van der Waals surface area (Å²) >= 11 is 1.52. The van der Waals surface area contributed by atoms with E-state index in [1.54, 1.807) is 0 Å². The lowest BCUT2D eigenvalue weighted by Gasteiger charge is -2.30. The average molecular weight is 464 g/mol. The summed E-state index contributed by atoms with van der Waals surface area (Å²) in [5.74, 6) is 1.60. The van der Waals surface area contributed by atoms with Crippen LogP contribution in [-0.2, 0) is 30.9 Å². The van der Waals surface area contributed by atoms with Crippen molar-refractivity contribution in [3.8, 4) is 5.75 Å². The number of nitrogens with zero attached hydrogens (tertiary/aromatic N) is 2. The Labute approximate surface area is 200 Å². The normalized spacial score (nSPS) is 16.5. The molecule has 1 aromatic heterocycles. The SMILES string of the molecule is Cc1ccc(OCc2nc(CC(=O)NCc3ccc(CN4CCCC(C)C4)cc3)cs2)cc1. The number of thiazole rings is 1. The molecule has 0 radical (unpaired) electrons. The molecule has 4 rings (SSSR count). The molecule has 1 N–H and O–H groups in total. The van der Waals surface area contributed by atoms with E-state index in [4.69, 9.17) is 4.74 Å². The standard InChI is InChI=1S/C27H33N3O2S/c1-20-5-11-25(12-6-20)32-18-27-29-24(19-33-27)14-26(31)28-15-22-7-9-23(10-8-22)17-30-13-3-4-21(2)16-30/h5-12,19,21H,3-4,13-18H2,1-2H3,(H,28,31). The molecule has 6 heteroatoms. The van der Waals surface area contributed by atoms with E-state index in [2.05, 4.69) is 46.4 Å². The molecule has 33 heavy (non-hydrogen) atoms. The average Bonchev–Trinajstić information content (AvgIpc) is 3.25. The molecule has 174 valence electrons. The Morgan fingerprint density at radius 2 is 1.91 bits per heavy atom. The molecule has 1 aliphatic rings. The lowest BCUT2D eigenvalue weighted by Crippen LogP contribution is -2.33. The molecule has 0 aliphatic carbocycles. The fourth-order valence-corrected chi connectivity index (χ4v) is 4.86. The first-order valence-corrected chi connectivity index (χ1v) is 12.6. The Kier molecular flexibility index (Phi) is 8.13. The number of amides is 1. The zero-order valence-corrected chi connectivity index (χ0v) is 20.4.